The average molecular weight is 663 g/mol. The molecule has 3 aliphatic heterocycles. The Morgan fingerprint density at radius 1 is 1.04 bits per heavy atom. The van der Waals surface area contributed by atoms with Crippen LogP contribution in [-0.2, 0) is 25.5 Å². The molecule has 0 spiro atoms. The number of ketones is 1. The highest BCUT2D eigenvalue weighted by atomic mass is 16.6. The fourth-order valence-corrected chi connectivity index (χ4v) is 9.13. The number of carbonyl (C=O) groups excluding carboxylic acids is 3. The molecule has 8 atom stereocenters. The minimum atomic E-state index is -0.872. The lowest BCUT2D eigenvalue weighted by Crippen LogP contribution is -2.59. The smallest absolute Gasteiger partial charge is 0.408 e. The van der Waals surface area contributed by atoms with Gasteiger partial charge in [0.05, 0.1) is 30.7 Å². The molecule has 2 aliphatic carbocycles. The number of nitrogens with one attached hydrogen (secondary N) is 1. The van der Waals surface area contributed by atoms with Crippen molar-refractivity contribution in [3.05, 3.63) is 23.9 Å². The maximum atomic E-state index is 14.8. The summed E-state index contributed by atoms with van der Waals surface area (Å²) in [4.78, 5) is 53.4. The number of ether oxygens (including phenoxy) is 4. The Bertz CT molecular complexity index is 1540. The molecule has 11 heteroatoms. The molecule has 5 aliphatic rings. The number of methoxy groups -OCH3 is 1. The van der Waals surface area contributed by atoms with Gasteiger partial charge in [0.25, 0.3) is 0 Å². The van der Waals surface area contributed by atoms with Gasteiger partial charge in [-0.25, -0.2) is 14.8 Å². The first kappa shape index (κ1) is 33.0. The van der Waals surface area contributed by atoms with Crippen molar-refractivity contribution < 1.29 is 33.3 Å². The lowest BCUT2D eigenvalue weighted by atomic mass is 9.75. The number of hydrogen-bond acceptors (Lipinski definition) is 9. The molecule has 2 aromatic rings. The van der Waals surface area contributed by atoms with Crippen molar-refractivity contribution in [1.29, 1.82) is 0 Å². The minimum absolute atomic E-state index is 0.103. The number of benzene rings is 1. The first-order valence-electron chi connectivity index (χ1n) is 18.1. The quantitative estimate of drug-likeness (QED) is 0.466. The number of aryl methyl sites for hydroxylation is 1. The van der Waals surface area contributed by atoms with E-state index in [1.165, 1.54) is 13.3 Å². The second-order valence-electron chi connectivity index (χ2n) is 15.1. The summed E-state index contributed by atoms with van der Waals surface area (Å²) in [6.07, 6.45) is 7.48. The summed E-state index contributed by atoms with van der Waals surface area (Å²) < 4.78 is 24.1. The van der Waals surface area contributed by atoms with Gasteiger partial charge in [-0.2, -0.15) is 0 Å². The molecular weight excluding hydrogens is 612 g/mol. The summed E-state index contributed by atoms with van der Waals surface area (Å²) >= 11 is 0. The summed E-state index contributed by atoms with van der Waals surface area (Å²) in [6, 6.07) is 4.09. The lowest BCUT2D eigenvalue weighted by molar-refractivity contribution is -0.143. The maximum absolute atomic E-state index is 14.8. The average Bonchev–Trinajstić information content (AvgIpc) is 3.61. The van der Waals surface area contributed by atoms with Gasteiger partial charge in [0.2, 0.25) is 11.8 Å². The van der Waals surface area contributed by atoms with Crippen molar-refractivity contribution in [1.82, 2.24) is 20.2 Å². The zero-order chi connectivity index (χ0) is 33.6. The minimum Gasteiger partial charge on any atom is -0.497 e. The van der Waals surface area contributed by atoms with Gasteiger partial charge in [-0.05, 0) is 88.2 Å². The van der Waals surface area contributed by atoms with Gasteiger partial charge in [0.1, 0.15) is 29.7 Å². The van der Waals surface area contributed by atoms with E-state index in [-0.39, 0.29) is 30.3 Å². The molecule has 1 aromatic heterocycles. The number of hydrogen-bond donors (Lipinski definition) is 1. The zero-order valence-corrected chi connectivity index (χ0v) is 28.7. The molecule has 2 amide bonds. The van der Waals surface area contributed by atoms with E-state index in [1.807, 2.05) is 32.0 Å². The third kappa shape index (κ3) is 6.34. The van der Waals surface area contributed by atoms with Crippen LogP contribution in [0.5, 0.6) is 11.6 Å². The first-order chi connectivity index (χ1) is 23.2. The number of alkyl carbamates (subject to hydrolysis) is 1. The van der Waals surface area contributed by atoms with E-state index in [9.17, 15) is 14.4 Å². The van der Waals surface area contributed by atoms with Crippen LogP contribution in [0.2, 0.25) is 0 Å². The van der Waals surface area contributed by atoms with Gasteiger partial charge in [-0.3, -0.25) is 9.59 Å². The third-order valence-electron chi connectivity index (χ3n) is 12.0. The van der Waals surface area contributed by atoms with Gasteiger partial charge >= 0.3 is 6.09 Å². The molecule has 4 fully saturated rings. The van der Waals surface area contributed by atoms with E-state index in [0.29, 0.717) is 73.8 Å². The predicted molar refractivity (Wildman–Crippen MR) is 178 cm³/mol. The fraction of sp³-hybridized carbons (Fsp3) is 0.703. The van der Waals surface area contributed by atoms with Gasteiger partial charge in [0.15, 0.2) is 5.78 Å². The van der Waals surface area contributed by atoms with Crippen LogP contribution in [0, 0.1) is 29.1 Å². The molecule has 11 nitrogen and oxygen atoms in total. The lowest BCUT2D eigenvalue weighted by Gasteiger charge is -2.42. The largest absolute Gasteiger partial charge is 0.497 e. The van der Waals surface area contributed by atoms with E-state index in [1.54, 1.807) is 12.0 Å². The summed E-state index contributed by atoms with van der Waals surface area (Å²) in [7, 11) is 1.62. The normalized spacial score (nSPS) is 33.6. The first-order valence-corrected chi connectivity index (χ1v) is 18.1. The van der Waals surface area contributed by atoms with Crippen LogP contribution in [0.1, 0.15) is 84.3 Å². The van der Waals surface area contributed by atoms with E-state index >= 15 is 0 Å². The molecule has 2 bridgehead atoms. The monoisotopic (exact) mass is 662 g/mol. The Balaban J connectivity index is 1.26. The highest BCUT2D eigenvalue weighted by Gasteiger charge is 2.55. The standard InChI is InChI=1S/C37H50N4O7/c1-5-24-31-20-41(32(24)21(2)42)35(43)33(37(3)13-15-46-16-14-37)40-36(44)48-30-18-22-17-26(22)25(30)9-7-6-8-10-28-34(47-31)39-29-19-23(45-4)11-12-27(29)38-28/h11-12,19,22,24-26,30-33H,5-10,13-18,20H2,1-4H3,(H,40,44)/t22?,24-,25-,26?,30-,31+,32-,33-/m1/s1. The maximum Gasteiger partial charge on any atom is 0.408 e. The summed E-state index contributed by atoms with van der Waals surface area (Å²) in [5, 5.41) is 3.05. The molecule has 7 rings (SSSR count). The molecule has 4 heterocycles. The van der Waals surface area contributed by atoms with E-state index in [0.717, 1.165) is 43.3 Å². The van der Waals surface area contributed by atoms with Crippen LogP contribution in [0.25, 0.3) is 11.0 Å². The highest BCUT2D eigenvalue weighted by Crippen LogP contribution is 2.57. The van der Waals surface area contributed by atoms with Crippen LogP contribution < -0.4 is 14.8 Å². The van der Waals surface area contributed by atoms with E-state index in [4.69, 9.17) is 28.9 Å². The summed E-state index contributed by atoms with van der Waals surface area (Å²) in [6.45, 7) is 6.79. The van der Waals surface area contributed by atoms with Crippen molar-refractivity contribution in [2.75, 3.05) is 26.9 Å². The zero-order valence-electron chi connectivity index (χ0n) is 28.7. The number of carbonyl (C=O) groups is 3. The van der Waals surface area contributed by atoms with Crippen molar-refractivity contribution in [3.8, 4) is 11.6 Å². The molecule has 260 valence electrons. The molecule has 2 unspecified atom stereocenters. The molecule has 0 radical (unpaired) electrons. The van der Waals surface area contributed by atoms with Crippen molar-refractivity contribution in [2.45, 2.75) is 109 Å². The Kier molecular flexibility index (Phi) is 9.26. The SMILES string of the molecule is CC[C@@H]1[C@@H]2CN(C(=O)[C@H](C3(C)CCOCC3)NC(=O)O[C@@H]3CC4CC4[C@H]3CCCCCc3nc4ccc(OC)cc4nc3O2)[C@@H]1C(C)=O. The van der Waals surface area contributed by atoms with Crippen molar-refractivity contribution in [2.24, 2.45) is 29.1 Å². The third-order valence-corrected chi connectivity index (χ3v) is 12.0. The van der Waals surface area contributed by atoms with E-state index in [2.05, 4.69) is 5.32 Å². The van der Waals surface area contributed by atoms with Crippen LogP contribution in [0.15, 0.2) is 18.2 Å². The van der Waals surface area contributed by atoms with Gasteiger partial charge in [-0.15, -0.1) is 0 Å². The van der Waals surface area contributed by atoms with Crippen LogP contribution in [0.3, 0.4) is 0 Å². The van der Waals surface area contributed by atoms with Crippen LogP contribution >= 0.6 is 0 Å². The van der Waals surface area contributed by atoms with Gasteiger partial charge in [-0.1, -0.05) is 26.7 Å². The molecule has 2 saturated heterocycles. The number of nitrogens with zero attached hydrogens (tertiary/aromatic N) is 3. The van der Waals surface area contributed by atoms with Crippen molar-refractivity contribution in [3.63, 3.8) is 0 Å². The molecular formula is C37H50N4O7. The Morgan fingerprint density at radius 3 is 2.60 bits per heavy atom. The summed E-state index contributed by atoms with van der Waals surface area (Å²) in [5.41, 5.74) is 1.66. The number of fused-ring (bicyclic) bond motifs is 7. The fourth-order valence-electron chi connectivity index (χ4n) is 9.13. The topological polar surface area (TPSA) is 129 Å². The molecule has 2 saturated carbocycles. The number of rotatable bonds is 4. The number of Topliss-reactive ketones (excluding diaryl/α,β-unsaturated/α-hetero) is 1. The van der Waals surface area contributed by atoms with Gasteiger partial charge in [0, 0.05) is 30.6 Å². The van der Waals surface area contributed by atoms with Crippen LogP contribution in [-0.4, -0.2) is 83.8 Å². The molecule has 48 heavy (non-hydrogen) atoms. The van der Waals surface area contributed by atoms with Crippen LogP contribution in [0.4, 0.5) is 4.79 Å². The molecule has 1 N–H and O–H groups in total. The Hall–Kier alpha value is -3.47. The number of aromatic nitrogens is 2. The van der Waals surface area contributed by atoms with Crippen molar-refractivity contribution >= 4 is 28.8 Å². The Morgan fingerprint density at radius 2 is 1.85 bits per heavy atom. The second kappa shape index (κ2) is 13.4. The number of amides is 2. The van der Waals surface area contributed by atoms with E-state index < -0.39 is 29.7 Å². The highest BCUT2D eigenvalue weighted by molar-refractivity contribution is 5.92. The second-order valence-corrected chi connectivity index (χ2v) is 15.1. The Labute approximate surface area is 282 Å². The molecule has 1 aromatic carbocycles. The van der Waals surface area contributed by atoms with Gasteiger partial charge < -0.3 is 29.2 Å². The predicted octanol–water partition coefficient (Wildman–Crippen LogP) is 5.26. The summed E-state index contributed by atoms with van der Waals surface area (Å²) in [5.74, 6) is 2.07.